The van der Waals surface area contributed by atoms with Gasteiger partial charge in [0.2, 0.25) is 6.79 Å². The maximum atomic E-state index is 9.29. The first kappa shape index (κ1) is 8.12. The van der Waals surface area contributed by atoms with Crippen LogP contribution in [-0.2, 0) is 5.41 Å². The molecule has 0 saturated heterocycles. The zero-order chi connectivity index (χ0) is 9.60. The van der Waals surface area contributed by atoms with Gasteiger partial charge in [-0.05, 0) is 30.5 Å². The van der Waals surface area contributed by atoms with E-state index >= 15 is 0 Å². The number of benzene rings is 1. The van der Waals surface area contributed by atoms with Crippen LogP contribution in [0.5, 0.6) is 11.5 Å². The van der Waals surface area contributed by atoms with Gasteiger partial charge in [0.15, 0.2) is 11.5 Å². The van der Waals surface area contributed by atoms with Crippen LogP contribution in [0.3, 0.4) is 0 Å². The topological polar surface area (TPSA) is 38.7 Å². The number of hydrogen-bond acceptors (Lipinski definition) is 3. The lowest BCUT2D eigenvalue weighted by atomic mass is 9.97. The molecule has 0 amide bonds. The first-order valence-corrected chi connectivity index (χ1v) is 4.85. The SMILES string of the molecule is OCC1(c2ccc3c(c2)OCO3)CC1. The Hall–Kier alpha value is -1.22. The van der Waals surface area contributed by atoms with E-state index in [1.54, 1.807) is 0 Å². The third-order valence-electron chi connectivity index (χ3n) is 3.14. The number of hydrogen-bond donors (Lipinski definition) is 1. The Bertz CT molecular complexity index is 369. The van der Waals surface area contributed by atoms with E-state index in [-0.39, 0.29) is 12.0 Å². The molecule has 3 heteroatoms. The quantitative estimate of drug-likeness (QED) is 0.770. The average molecular weight is 192 g/mol. The maximum Gasteiger partial charge on any atom is 0.231 e. The Kier molecular flexibility index (Phi) is 1.53. The summed E-state index contributed by atoms with van der Waals surface area (Å²) in [5.74, 6) is 1.62. The number of aliphatic hydroxyl groups excluding tert-OH is 1. The number of fused-ring (bicyclic) bond motifs is 1. The molecule has 1 aliphatic heterocycles. The van der Waals surface area contributed by atoms with Crippen molar-refractivity contribution in [3.8, 4) is 11.5 Å². The van der Waals surface area contributed by atoms with Crippen molar-refractivity contribution in [3.63, 3.8) is 0 Å². The Morgan fingerprint density at radius 2 is 2.00 bits per heavy atom. The van der Waals surface area contributed by atoms with Gasteiger partial charge >= 0.3 is 0 Å². The van der Waals surface area contributed by atoms with Crippen LogP contribution in [0.2, 0.25) is 0 Å². The van der Waals surface area contributed by atoms with Gasteiger partial charge in [-0.25, -0.2) is 0 Å². The number of aliphatic hydroxyl groups is 1. The second kappa shape index (κ2) is 2.64. The molecular formula is C11H12O3. The molecule has 1 aromatic rings. The average Bonchev–Trinajstić information content (AvgIpc) is 2.89. The predicted molar refractivity (Wildman–Crippen MR) is 50.6 cm³/mol. The van der Waals surface area contributed by atoms with Crippen molar-refractivity contribution in [2.45, 2.75) is 18.3 Å². The minimum absolute atomic E-state index is 0.0149. The van der Waals surface area contributed by atoms with Crippen molar-refractivity contribution in [3.05, 3.63) is 23.8 Å². The first-order valence-electron chi connectivity index (χ1n) is 4.85. The summed E-state index contributed by atoms with van der Waals surface area (Å²) in [6, 6.07) is 5.94. The fourth-order valence-electron chi connectivity index (χ4n) is 1.92. The molecule has 14 heavy (non-hydrogen) atoms. The molecule has 3 nitrogen and oxygen atoms in total. The molecule has 0 aromatic heterocycles. The van der Waals surface area contributed by atoms with Crippen molar-refractivity contribution in [1.82, 2.24) is 0 Å². The van der Waals surface area contributed by atoms with E-state index in [2.05, 4.69) is 0 Å². The summed E-state index contributed by atoms with van der Waals surface area (Å²) in [6.45, 7) is 0.539. The lowest BCUT2D eigenvalue weighted by Crippen LogP contribution is -2.11. The van der Waals surface area contributed by atoms with E-state index in [1.807, 2.05) is 18.2 Å². The molecule has 0 atom stereocenters. The molecule has 1 N–H and O–H groups in total. The van der Waals surface area contributed by atoms with E-state index < -0.39 is 0 Å². The largest absolute Gasteiger partial charge is 0.454 e. The van der Waals surface area contributed by atoms with E-state index in [4.69, 9.17) is 9.47 Å². The number of ether oxygens (including phenoxy) is 2. The second-order valence-corrected chi connectivity index (χ2v) is 4.01. The van der Waals surface area contributed by atoms with Crippen molar-refractivity contribution in [2.24, 2.45) is 0 Å². The number of rotatable bonds is 2. The molecule has 0 unspecified atom stereocenters. The zero-order valence-electron chi connectivity index (χ0n) is 7.82. The van der Waals surface area contributed by atoms with Gasteiger partial charge < -0.3 is 14.6 Å². The Balaban J connectivity index is 2.00. The van der Waals surface area contributed by atoms with Crippen LogP contribution in [-0.4, -0.2) is 18.5 Å². The van der Waals surface area contributed by atoms with Gasteiger partial charge in [0.1, 0.15) is 0 Å². The monoisotopic (exact) mass is 192 g/mol. The normalized spacial score (nSPS) is 20.9. The smallest absolute Gasteiger partial charge is 0.231 e. The van der Waals surface area contributed by atoms with Gasteiger partial charge in [0.25, 0.3) is 0 Å². The van der Waals surface area contributed by atoms with E-state index in [1.165, 1.54) is 5.56 Å². The first-order chi connectivity index (χ1) is 6.84. The highest BCUT2D eigenvalue weighted by Gasteiger charge is 2.44. The Morgan fingerprint density at radius 3 is 2.71 bits per heavy atom. The molecule has 0 bridgehead atoms. The van der Waals surface area contributed by atoms with Crippen LogP contribution in [0.15, 0.2) is 18.2 Å². The fraction of sp³-hybridized carbons (Fsp3) is 0.455. The van der Waals surface area contributed by atoms with Gasteiger partial charge in [-0.1, -0.05) is 6.07 Å². The summed E-state index contributed by atoms with van der Waals surface area (Å²) in [6.07, 6.45) is 2.15. The van der Waals surface area contributed by atoms with Gasteiger partial charge in [0.05, 0.1) is 6.61 Å². The maximum absolute atomic E-state index is 9.29. The molecule has 0 radical (unpaired) electrons. The van der Waals surface area contributed by atoms with Crippen molar-refractivity contribution in [2.75, 3.05) is 13.4 Å². The van der Waals surface area contributed by atoms with Crippen LogP contribution < -0.4 is 9.47 Å². The summed E-state index contributed by atoms with van der Waals surface area (Å²) in [5.41, 5.74) is 1.19. The molecule has 1 aliphatic carbocycles. The zero-order valence-corrected chi connectivity index (χ0v) is 7.82. The summed E-state index contributed by atoms with van der Waals surface area (Å²) in [7, 11) is 0. The molecule has 3 rings (SSSR count). The Morgan fingerprint density at radius 1 is 1.21 bits per heavy atom. The summed E-state index contributed by atoms with van der Waals surface area (Å²) >= 11 is 0. The molecule has 74 valence electrons. The van der Waals surface area contributed by atoms with Crippen LogP contribution in [0.25, 0.3) is 0 Å². The lowest BCUT2D eigenvalue weighted by molar-refractivity contribution is 0.174. The van der Waals surface area contributed by atoms with Gasteiger partial charge in [0, 0.05) is 5.41 Å². The summed E-state index contributed by atoms with van der Waals surface area (Å²) in [5, 5.41) is 9.29. The van der Waals surface area contributed by atoms with Crippen LogP contribution in [0.4, 0.5) is 0 Å². The molecule has 1 fully saturated rings. The fourth-order valence-corrected chi connectivity index (χ4v) is 1.92. The predicted octanol–water partition coefficient (Wildman–Crippen LogP) is 1.44. The van der Waals surface area contributed by atoms with Gasteiger partial charge in [-0.3, -0.25) is 0 Å². The lowest BCUT2D eigenvalue weighted by Gasteiger charge is -2.12. The van der Waals surface area contributed by atoms with Crippen molar-refractivity contribution < 1.29 is 14.6 Å². The van der Waals surface area contributed by atoms with Crippen LogP contribution in [0.1, 0.15) is 18.4 Å². The highest BCUT2D eigenvalue weighted by atomic mass is 16.7. The molecule has 1 aromatic carbocycles. The minimum Gasteiger partial charge on any atom is -0.454 e. The highest BCUT2D eigenvalue weighted by molar-refractivity contribution is 5.48. The highest BCUT2D eigenvalue weighted by Crippen LogP contribution is 2.49. The minimum atomic E-state index is 0.0149. The summed E-state index contributed by atoms with van der Waals surface area (Å²) in [4.78, 5) is 0. The van der Waals surface area contributed by atoms with Gasteiger partial charge in [-0.2, -0.15) is 0 Å². The molecular weight excluding hydrogens is 180 g/mol. The molecule has 2 aliphatic rings. The van der Waals surface area contributed by atoms with E-state index in [0.717, 1.165) is 24.3 Å². The Labute approximate surface area is 82.3 Å². The molecule has 1 saturated carbocycles. The van der Waals surface area contributed by atoms with Crippen LogP contribution in [0, 0.1) is 0 Å². The van der Waals surface area contributed by atoms with E-state index in [0.29, 0.717) is 6.79 Å². The summed E-state index contributed by atoms with van der Waals surface area (Å²) < 4.78 is 10.5. The second-order valence-electron chi connectivity index (χ2n) is 4.01. The standard InChI is InChI=1S/C11H12O3/c12-6-11(3-4-11)8-1-2-9-10(5-8)14-7-13-9/h1-2,5,12H,3-4,6-7H2. The third kappa shape index (κ3) is 1.02. The third-order valence-corrected chi connectivity index (χ3v) is 3.14. The molecule has 0 spiro atoms. The van der Waals surface area contributed by atoms with Crippen LogP contribution >= 0.6 is 0 Å². The van der Waals surface area contributed by atoms with Gasteiger partial charge in [-0.15, -0.1) is 0 Å². The van der Waals surface area contributed by atoms with Crippen molar-refractivity contribution in [1.29, 1.82) is 0 Å². The van der Waals surface area contributed by atoms with E-state index in [9.17, 15) is 5.11 Å². The molecule has 1 heterocycles. The van der Waals surface area contributed by atoms with Crippen molar-refractivity contribution >= 4 is 0 Å².